The number of aliphatic carboxylic acids is 1. The molecule has 1 N–H and O–H groups in total. The molecule has 1 aliphatic carbocycles. The normalized spacial score (nSPS) is 30.4. The average Bonchev–Trinajstić information content (AvgIpc) is 2.37. The molecule has 106 valence electrons. The maximum Gasteiger partial charge on any atom is 0.308 e. The summed E-state index contributed by atoms with van der Waals surface area (Å²) in [6.45, 7) is 7.67. The Kier molecular flexibility index (Phi) is 6.13. The predicted octanol–water partition coefficient (Wildman–Crippen LogP) is 3.24. The molecule has 0 aromatic carbocycles. The summed E-state index contributed by atoms with van der Waals surface area (Å²) in [5.74, 6) is 0.587. The van der Waals surface area contributed by atoms with Gasteiger partial charge in [-0.05, 0) is 38.1 Å². The van der Waals surface area contributed by atoms with E-state index in [9.17, 15) is 9.90 Å². The van der Waals surface area contributed by atoms with Crippen LogP contribution in [0.2, 0.25) is 0 Å². The fourth-order valence-electron chi connectivity index (χ4n) is 3.13. The van der Waals surface area contributed by atoms with Crippen LogP contribution in [-0.2, 0) is 4.79 Å². The van der Waals surface area contributed by atoms with Crippen LogP contribution in [0.25, 0.3) is 0 Å². The number of hydrogen-bond donors (Lipinski definition) is 1. The lowest BCUT2D eigenvalue weighted by molar-refractivity contribution is -0.146. The number of carbonyl (C=O) groups is 1. The molecule has 0 amide bonds. The summed E-state index contributed by atoms with van der Waals surface area (Å²) in [5, 5.41) is 9.38. The molecule has 0 bridgehead atoms. The largest absolute Gasteiger partial charge is 0.481 e. The van der Waals surface area contributed by atoms with E-state index in [1.54, 1.807) is 0 Å². The second-order valence-corrected chi connectivity index (χ2v) is 6.05. The van der Waals surface area contributed by atoms with Gasteiger partial charge in [0, 0.05) is 12.6 Å². The third-order valence-corrected chi connectivity index (χ3v) is 4.68. The molecule has 0 heterocycles. The fourth-order valence-corrected chi connectivity index (χ4v) is 3.13. The number of hydrogen-bond acceptors (Lipinski definition) is 2. The molecule has 4 unspecified atom stereocenters. The Balaban J connectivity index is 2.68. The second-order valence-electron chi connectivity index (χ2n) is 6.05. The van der Waals surface area contributed by atoms with Gasteiger partial charge >= 0.3 is 5.97 Å². The summed E-state index contributed by atoms with van der Waals surface area (Å²) in [6.07, 6.45) is 5.33. The van der Waals surface area contributed by atoms with Crippen LogP contribution in [-0.4, -0.2) is 35.6 Å². The third kappa shape index (κ3) is 3.98. The number of nitrogens with zero attached hydrogens (tertiary/aromatic N) is 1. The smallest absolute Gasteiger partial charge is 0.308 e. The zero-order chi connectivity index (χ0) is 13.7. The average molecular weight is 255 g/mol. The van der Waals surface area contributed by atoms with Gasteiger partial charge in [0.2, 0.25) is 0 Å². The van der Waals surface area contributed by atoms with Crippen molar-refractivity contribution in [2.24, 2.45) is 17.8 Å². The van der Waals surface area contributed by atoms with Gasteiger partial charge in [0.1, 0.15) is 0 Å². The minimum atomic E-state index is -0.606. The topological polar surface area (TPSA) is 40.5 Å². The van der Waals surface area contributed by atoms with Gasteiger partial charge in [0.25, 0.3) is 0 Å². The fraction of sp³-hybridized carbons (Fsp3) is 0.933. The van der Waals surface area contributed by atoms with Gasteiger partial charge in [-0.1, -0.05) is 33.6 Å². The van der Waals surface area contributed by atoms with Crippen molar-refractivity contribution in [2.45, 2.75) is 58.9 Å². The van der Waals surface area contributed by atoms with Crippen LogP contribution in [0.1, 0.15) is 52.9 Å². The van der Waals surface area contributed by atoms with Crippen molar-refractivity contribution in [1.82, 2.24) is 4.90 Å². The van der Waals surface area contributed by atoms with E-state index in [1.165, 1.54) is 6.42 Å². The monoisotopic (exact) mass is 255 g/mol. The molecule has 1 aliphatic rings. The molecule has 18 heavy (non-hydrogen) atoms. The summed E-state index contributed by atoms with van der Waals surface area (Å²) >= 11 is 0. The summed E-state index contributed by atoms with van der Waals surface area (Å²) in [7, 11) is 2.10. The van der Waals surface area contributed by atoms with Gasteiger partial charge in [0.05, 0.1) is 5.92 Å². The van der Waals surface area contributed by atoms with Crippen LogP contribution in [0.15, 0.2) is 0 Å². The van der Waals surface area contributed by atoms with Crippen LogP contribution in [0.3, 0.4) is 0 Å². The number of carboxylic acids is 1. The molecule has 0 spiro atoms. The van der Waals surface area contributed by atoms with Crippen molar-refractivity contribution in [3.05, 3.63) is 0 Å². The Bertz CT molecular complexity index is 267. The molecule has 3 nitrogen and oxygen atoms in total. The first-order valence-corrected chi connectivity index (χ1v) is 7.42. The Morgan fingerprint density at radius 3 is 2.56 bits per heavy atom. The maximum atomic E-state index is 11.4. The predicted molar refractivity (Wildman–Crippen MR) is 74.6 cm³/mol. The number of rotatable bonds is 6. The van der Waals surface area contributed by atoms with Gasteiger partial charge in [-0.25, -0.2) is 0 Å². The first-order valence-electron chi connectivity index (χ1n) is 7.42. The van der Waals surface area contributed by atoms with Gasteiger partial charge in [0.15, 0.2) is 0 Å². The van der Waals surface area contributed by atoms with E-state index >= 15 is 0 Å². The van der Waals surface area contributed by atoms with E-state index in [4.69, 9.17) is 0 Å². The molecule has 3 heteroatoms. The maximum absolute atomic E-state index is 11.4. The first-order chi connectivity index (χ1) is 8.49. The highest BCUT2D eigenvalue weighted by Gasteiger charge is 2.36. The summed E-state index contributed by atoms with van der Waals surface area (Å²) in [5.41, 5.74) is 0. The van der Waals surface area contributed by atoms with E-state index in [2.05, 4.69) is 32.7 Å². The molecule has 0 aromatic heterocycles. The Hall–Kier alpha value is -0.570. The molecule has 1 fully saturated rings. The van der Waals surface area contributed by atoms with Gasteiger partial charge < -0.3 is 10.0 Å². The van der Waals surface area contributed by atoms with Crippen LogP contribution in [0, 0.1) is 17.8 Å². The molecule has 0 aliphatic heterocycles. The first kappa shape index (κ1) is 15.5. The molecule has 4 atom stereocenters. The van der Waals surface area contributed by atoms with Crippen molar-refractivity contribution in [1.29, 1.82) is 0 Å². The van der Waals surface area contributed by atoms with Crippen LogP contribution in [0.5, 0.6) is 0 Å². The Morgan fingerprint density at radius 2 is 2.06 bits per heavy atom. The van der Waals surface area contributed by atoms with E-state index in [-0.39, 0.29) is 12.0 Å². The minimum Gasteiger partial charge on any atom is -0.481 e. The summed E-state index contributed by atoms with van der Waals surface area (Å²) in [4.78, 5) is 13.7. The number of carboxylic acid groups (broad SMARTS) is 1. The van der Waals surface area contributed by atoms with Crippen molar-refractivity contribution in [3.8, 4) is 0 Å². The van der Waals surface area contributed by atoms with Crippen molar-refractivity contribution in [3.63, 3.8) is 0 Å². The minimum absolute atomic E-state index is 0.165. The highest BCUT2D eigenvalue weighted by molar-refractivity contribution is 5.71. The SMILES string of the molecule is CCC(C)CN(C)C1CC(CC)CCC1C(=O)O. The van der Waals surface area contributed by atoms with Crippen molar-refractivity contribution in [2.75, 3.05) is 13.6 Å². The highest BCUT2D eigenvalue weighted by atomic mass is 16.4. The summed E-state index contributed by atoms with van der Waals surface area (Å²) < 4.78 is 0. The molecule has 0 radical (unpaired) electrons. The lowest BCUT2D eigenvalue weighted by atomic mass is 9.76. The van der Waals surface area contributed by atoms with E-state index in [0.29, 0.717) is 11.8 Å². The molecule has 0 saturated heterocycles. The van der Waals surface area contributed by atoms with E-state index in [0.717, 1.165) is 32.2 Å². The van der Waals surface area contributed by atoms with Gasteiger partial charge in [-0.3, -0.25) is 4.79 Å². The lowest BCUT2D eigenvalue weighted by Gasteiger charge is -2.40. The molecular weight excluding hydrogens is 226 g/mol. The molecule has 1 saturated carbocycles. The van der Waals surface area contributed by atoms with Gasteiger partial charge in [-0.15, -0.1) is 0 Å². The van der Waals surface area contributed by atoms with E-state index < -0.39 is 5.97 Å². The Labute approximate surface area is 112 Å². The third-order valence-electron chi connectivity index (χ3n) is 4.68. The van der Waals surface area contributed by atoms with Crippen molar-refractivity contribution < 1.29 is 9.90 Å². The zero-order valence-electron chi connectivity index (χ0n) is 12.4. The quantitative estimate of drug-likeness (QED) is 0.792. The lowest BCUT2D eigenvalue weighted by Crippen LogP contribution is -2.46. The highest BCUT2D eigenvalue weighted by Crippen LogP contribution is 2.34. The summed E-state index contributed by atoms with van der Waals surface area (Å²) in [6, 6.07) is 0.232. The molecule has 0 aromatic rings. The van der Waals surface area contributed by atoms with Crippen LogP contribution in [0.4, 0.5) is 0 Å². The second kappa shape index (κ2) is 7.13. The standard InChI is InChI=1S/C15H29NO2/c1-5-11(3)10-16(4)14-9-12(6-2)7-8-13(14)15(17)18/h11-14H,5-10H2,1-4H3,(H,17,18). The van der Waals surface area contributed by atoms with E-state index in [1.807, 2.05) is 0 Å². The Morgan fingerprint density at radius 1 is 1.39 bits per heavy atom. The molecular formula is C15H29NO2. The molecule has 1 rings (SSSR count). The van der Waals surface area contributed by atoms with Crippen LogP contribution >= 0.6 is 0 Å². The van der Waals surface area contributed by atoms with Crippen molar-refractivity contribution >= 4 is 5.97 Å². The van der Waals surface area contributed by atoms with Gasteiger partial charge in [-0.2, -0.15) is 0 Å². The van der Waals surface area contributed by atoms with Crippen LogP contribution < -0.4 is 0 Å². The zero-order valence-corrected chi connectivity index (χ0v) is 12.4.